The Morgan fingerprint density at radius 3 is 1.45 bits per heavy atom. The molecule has 3 aromatic carbocycles. The second-order valence-corrected chi connectivity index (χ2v) is 12.1. The first kappa shape index (κ1) is 32.7. The molecule has 0 unspecified atom stereocenters. The predicted molar refractivity (Wildman–Crippen MR) is 156 cm³/mol. The SMILES string of the molecule is CC1C(C)C(C)C(C)C1C.Cc1ccc(S(=O)(=O)[N-][C@H](c2ccccc2)[C@H](N)c2ccccc2)cc1.[Cl][Ir+2]. The molecule has 7 heteroatoms. The van der Waals surface area contributed by atoms with Crippen LogP contribution in [-0.4, -0.2) is 8.42 Å². The standard InChI is InChI=1S/C21H21N2O2S.C10H20.ClH.Ir/c1-16-12-14-19(15-13-16)26(24,25)23-21(18-10-6-3-7-11-18)20(22)17-8-4-2-5-9-17;1-6-7(2)9(4)10(5)8(6)3;;/h2-15,20-21H,22H2,1H3;6-10H,1-5H3;1H;/q-1;;;+3/p-1/t20-,21-;;;/m1.../s1. The fourth-order valence-corrected chi connectivity index (χ4v) is 6.31. The van der Waals surface area contributed by atoms with E-state index in [9.17, 15) is 8.42 Å². The maximum atomic E-state index is 12.8. The molecule has 0 amide bonds. The van der Waals surface area contributed by atoms with Crippen LogP contribution < -0.4 is 5.73 Å². The molecule has 0 aliphatic heterocycles. The number of nitrogens with zero attached hydrogens (tertiary/aromatic N) is 1. The van der Waals surface area contributed by atoms with Crippen molar-refractivity contribution in [1.82, 2.24) is 0 Å². The van der Waals surface area contributed by atoms with E-state index in [1.54, 1.807) is 24.3 Å². The van der Waals surface area contributed by atoms with Crippen molar-refractivity contribution < 1.29 is 26.3 Å². The van der Waals surface area contributed by atoms with Crippen LogP contribution in [-0.2, 0) is 27.9 Å². The van der Waals surface area contributed by atoms with Crippen molar-refractivity contribution in [2.75, 3.05) is 0 Å². The van der Waals surface area contributed by atoms with Crippen LogP contribution in [0.2, 0.25) is 0 Å². The number of halogens is 1. The van der Waals surface area contributed by atoms with Gasteiger partial charge in [-0.1, -0.05) is 125 Å². The van der Waals surface area contributed by atoms with Crippen LogP contribution in [0, 0.1) is 36.5 Å². The Labute approximate surface area is 245 Å². The third-order valence-corrected chi connectivity index (χ3v) is 9.76. The van der Waals surface area contributed by atoms with Crippen molar-refractivity contribution in [1.29, 1.82) is 0 Å². The molecule has 3 aromatic rings. The first-order valence-corrected chi connectivity index (χ1v) is 17.5. The van der Waals surface area contributed by atoms with Crippen LogP contribution >= 0.6 is 9.58 Å². The Morgan fingerprint density at radius 1 is 0.684 bits per heavy atom. The summed E-state index contributed by atoms with van der Waals surface area (Å²) >= 11 is 1.47. The second-order valence-electron chi connectivity index (χ2n) is 10.5. The van der Waals surface area contributed by atoms with Crippen molar-refractivity contribution in [3.63, 3.8) is 0 Å². The van der Waals surface area contributed by atoms with Gasteiger partial charge in [0, 0.05) is 10.9 Å². The summed E-state index contributed by atoms with van der Waals surface area (Å²) in [6.45, 7) is 13.9. The molecule has 0 heterocycles. The first-order chi connectivity index (χ1) is 18.0. The van der Waals surface area contributed by atoms with E-state index in [-0.39, 0.29) is 4.90 Å². The minimum absolute atomic E-state index is 0.171. The van der Waals surface area contributed by atoms with Crippen molar-refractivity contribution in [2.24, 2.45) is 35.3 Å². The third-order valence-electron chi connectivity index (χ3n) is 8.38. The van der Waals surface area contributed by atoms with E-state index in [2.05, 4.69) is 48.9 Å². The van der Waals surface area contributed by atoms with Gasteiger partial charge in [0.2, 0.25) is 0 Å². The molecule has 1 aliphatic carbocycles. The minimum atomic E-state index is -3.83. The number of hydrogen-bond acceptors (Lipinski definition) is 3. The van der Waals surface area contributed by atoms with Gasteiger partial charge in [0.25, 0.3) is 0 Å². The molecular formula is C31H41ClIrN2O2S+. The summed E-state index contributed by atoms with van der Waals surface area (Å²) in [6.07, 6.45) is 0. The van der Waals surface area contributed by atoms with Crippen LogP contribution in [0.3, 0.4) is 0 Å². The topological polar surface area (TPSA) is 74.3 Å². The average molecular weight is 733 g/mol. The van der Waals surface area contributed by atoms with Gasteiger partial charge in [0.1, 0.15) is 10.0 Å². The van der Waals surface area contributed by atoms with Crippen molar-refractivity contribution in [3.05, 3.63) is 106 Å². The van der Waals surface area contributed by atoms with Gasteiger partial charge >= 0.3 is 27.5 Å². The van der Waals surface area contributed by atoms with Crippen molar-refractivity contribution in [3.8, 4) is 0 Å². The van der Waals surface area contributed by atoms with Crippen LogP contribution in [0.4, 0.5) is 0 Å². The summed E-state index contributed by atoms with van der Waals surface area (Å²) in [4.78, 5) is 0.171. The van der Waals surface area contributed by atoms with Gasteiger partial charge in [-0.25, -0.2) is 8.42 Å². The number of rotatable bonds is 6. The molecule has 1 aliphatic rings. The Morgan fingerprint density at radius 2 is 1.05 bits per heavy atom. The Hall–Kier alpha value is -1.53. The zero-order valence-electron chi connectivity index (χ0n) is 23.1. The summed E-state index contributed by atoms with van der Waals surface area (Å²) in [7, 11) is 0.806. The Kier molecular flexibility index (Phi) is 13.2. The average Bonchev–Trinajstić information content (AvgIpc) is 3.11. The van der Waals surface area contributed by atoms with E-state index in [0.717, 1.165) is 46.3 Å². The first-order valence-electron chi connectivity index (χ1n) is 13.0. The van der Waals surface area contributed by atoms with Crippen molar-refractivity contribution in [2.45, 2.75) is 58.5 Å². The molecule has 4 nitrogen and oxygen atoms in total. The molecule has 1 saturated carbocycles. The molecule has 208 valence electrons. The van der Waals surface area contributed by atoms with E-state index in [1.807, 2.05) is 67.6 Å². The summed E-state index contributed by atoms with van der Waals surface area (Å²) in [5, 5.41) is 0. The van der Waals surface area contributed by atoms with E-state index in [1.165, 1.54) is 17.9 Å². The summed E-state index contributed by atoms with van der Waals surface area (Å²) in [5.41, 5.74) is 9.01. The fraction of sp³-hybridized carbons (Fsp3) is 0.419. The number of aryl methyl sites for hydroxylation is 1. The molecule has 1 fully saturated rings. The van der Waals surface area contributed by atoms with Gasteiger partial charge in [0.15, 0.2) is 0 Å². The van der Waals surface area contributed by atoms with Gasteiger partial charge in [-0.15, -0.1) is 0 Å². The predicted octanol–water partition coefficient (Wildman–Crippen LogP) is 8.37. The molecule has 0 radical (unpaired) electrons. The quantitative estimate of drug-likeness (QED) is 0.277. The number of hydrogen-bond donors (Lipinski definition) is 1. The van der Waals surface area contributed by atoms with E-state index < -0.39 is 22.1 Å². The van der Waals surface area contributed by atoms with Crippen LogP contribution in [0.15, 0.2) is 89.8 Å². The van der Waals surface area contributed by atoms with E-state index >= 15 is 0 Å². The molecule has 0 aromatic heterocycles. The van der Waals surface area contributed by atoms with Gasteiger partial charge in [-0.05, 0) is 54.2 Å². The number of benzene rings is 3. The number of nitrogens with two attached hydrogens (primary N) is 1. The van der Waals surface area contributed by atoms with Crippen LogP contribution in [0.5, 0.6) is 0 Å². The third kappa shape index (κ3) is 8.48. The molecule has 4 rings (SSSR count). The van der Waals surface area contributed by atoms with Gasteiger partial charge in [-0.3, -0.25) is 0 Å². The molecule has 2 atom stereocenters. The van der Waals surface area contributed by atoms with Crippen LogP contribution in [0.25, 0.3) is 4.72 Å². The summed E-state index contributed by atoms with van der Waals surface area (Å²) in [6, 6.07) is 24.1. The zero-order valence-corrected chi connectivity index (χ0v) is 27.1. The normalized spacial score (nSPS) is 24.3. The van der Waals surface area contributed by atoms with Gasteiger partial charge in [-0.2, -0.15) is 0 Å². The molecule has 0 saturated heterocycles. The number of sulfonamides is 1. The summed E-state index contributed by atoms with van der Waals surface area (Å²) < 4.78 is 29.9. The zero-order chi connectivity index (χ0) is 28.5. The molecule has 2 N–H and O–H groups in total. The van der Waals surface area contributed by atoms with E-state index in [0.29, 0.717) is 0 Å². The summed E-state index contributed by atoms with van der Waals surface area (Å²) in [5.74, 6) is 4.68. The Balaban J connectivity index is 0.000000353. The Bertz CT molecular complexity index is 1150. The monoisotopic (exact) mass is 733 g/mol. The fourth-order valence-electron chi connectivity index (χ4n) is 5.16. The van der Waals surface area contributed by atoms with Gasteiger partial charge < -0.3 is 10.5 Å². The molecule has 0 bridgehead atoms. The molecule has 0 spiro atoms. The van der Waals surface area contributed by atoms with Gasteiger partial charge in [0.05, 0.1) is 0 Å². The second kappa shape index (κ2) is 15.3. The maximum absolute atomic E-state index is 12.8. The van der Waals surface area contributed by atoms with Crippen molar-refractivity contribution >= 4 is 19.6 Å². The van der Waals surface area contributed by atoms with E-state index in [4.69, 9.17) is 5.73 Å². The molecule has 38 heavy (non-hydrogen) atoms. The molecular weight excluding hydrogens is 692 g/mol. The van der Waals surface area contributed by atoms with Crippen LogP contribution in [0.1, 0.15) is 63.4 Å².